The van der Waals surface area contributed by atoms with Crippen molar-refractivity contribution in [3.05, 3.63) is 81.0 Å². The number of likely N-dealkylation sites (N-methyl/N-ethyl adjacent to an activating group) is 1. The van der Waals surface area contributed by atoms with Crippen LogP contribution in [0.4, 0.5) is 55.3 Å². The van der Waals surface area contributed by atoms with E-state index in [1.807, 2.05) is 25.4 Å². The zero-order chi connectivity index (χ0) is 32.1. The Kier molecular flexibility index (Phi) is 8.82. The smallest absolute Gasteiger partial charge is 0.343 e. The van der Waals surface area contributed by atoms with Crippen LogP contribution in [0.3, 0.4) is 0 Å². The second kappa shape index (κ2) is 11.5. The van der Waals surface area contributed by atoms with Gasteiger partial charge in [0.05, 0.1) is 32.5 Å². The lowest BCUT2D eigenvalue weighted by atomic mass is 9.91. The normalized spacial score (nSPS) is 18.7. The van der Waals surface area contributed by atoms with Gasteiger partial charge in [0.15, 0.2) is 0 Å². The van der Waals surface area contributed by atoms with E-state index in [4.69, 9.17) is 23.2 Å². The number of carbonyl (C=O) groups excluding carboxylic acids is 1. The van der Waals surface area contributed by atoms with Crippen molar-refractivity contribution in [1.82, 2.24) is 4.90 Å². The van der Waals surface area contributed by atoms with Crippen molar-refractivity contribution >= 4 is 40.5 Å². The molecule has 0 aromatic heterocycles. The van der Waals surface area contributed by atoms with Crippen LogP contribution in [-0.4, -0.2) is 49.3 Å². The predicted octanol–water partition coefficient (Wildman–Crippen LogP) is 8.91. The minimum atomic E-state index is -6.69. The lowest BCUT2D eigenvalue weighted by Crippen LogP contribution is -2.50. The number of alkyl halides is 10. The summed E-state index contributed by atoms with van der Waals surface area (Å²) < 4.78 is 136. The predicted molar refractivity (Wildman–Crippen MR) is 141 cm³/mol. The first-order chi connectivity index (χ1) is 19.8. The van der Waals surface area contributed by atoms with Crippen molar-refractivity contribution in [2.75, 3.05) is 30.4 Å². The van der Waals surface area contributed by atoms with Crippen LogP contribution in [0.5, 0.6) is 0 Å². The quantitative estimate of drug-likeness (QED) is 0.325. The standard InChI is InChI=1S/C27H21Cl2F10N3O/c1-41-9-4-8-19(41)14-5-3-10-42(13-14)20-7-2-6-16(21(20)29)23(43)40-22-17(25(31,32)33)11-15(12-18(22)28)24(30,26(34,35)36)27(37,38)39/h2-3,5-7,11-13,19H,4,8-10H2,1H3,(H,40,43). The highest BCUT2D eigenvalue weighted by Crippen LogP contribution is 2.55. The van der Waals surface area contributed by atoms with E-state index < -0.39 is 58.0 Å². The molecule has 2 heterocycles. The van der Waals surface area contributed by atoms with Gasteiger partial charge in [0, 0.05) is 24.4 Å². The molecular formula is C27H21Cl2F10N3O. The molecule has 0 radical (unpaired) electrons. The van der Waals surface area contributed by atoms with Crippen LogP contribution in [-0.2, 0) is 11.8 Å². The van der Waals surface area contributed by atoms with E-state index in [-0.39, 0.29) is 22.7 Å². The Balaban J connectivity index is 1.72. The van der Waals surface area contributed by atoms with E-state index in [0.717, 1.165) is 31.0 Å². The summed E-state index contributed by atoms with van der Waals surface area (Å²) in [5.41, 5.74) is -11.4. The van der Waals surface area contributed by atoms with E-state index in [2.05, 4.69) is 4.90 Å². The highest BCUT2D eigenvalue weighted by Gasteiger charge is 2.73. The summed E-state index contributed by atoms with van der Waals surface area (Å²) in [6.45, 7) is 1.23. The molecule has 2 aliphatic heterocycles. The molecule has 2 aromatic rings. The lowest BCUT2D eigenvalue weighted by molar-refractivity contribution is -0.348. The number of hydrogen-bond acceptors (Lipinski definition) is 3. The van der Waals surface area contributed by atoms with Crippen LogP contribution in [0.25, 0.3) is 0 Å². The van der Waals surface area contributed by atoms with E-state index >= 15 is 0 Å². The molecule has 16 heteroatoms. The SMILES string of the molecule is CN1CCCC1C1=CN(c2cccc(C(=O)Nc3c(Cl)cc(C(F)(C(F)(F)F)C(F)(F)F)cc3C(F)(F)F)c2Cl)CC=C1. The van der Waals surface area contributed by atoms with Gasteiger partial charge in [-0.2, -0.15) is 39.5 Å². The zero-order valence-corrected chi connectivity index (χ0v) is 23.4. The minimum Gasteiger partial charge on any atom is -0.343 e. The molecule has 1 atom stereocenters. The van der Waals surface area contributed by atoms with E-state index in [1.165, 1.54) is 6.07 Å². The summed E-state index contributed by atoms with van der Waals surface area (Å²) in [4.78, 5) is 17.0. The molecule has 0 spiro atoms. The van der Waals surface area contributed by atoms with Crippen LogP contribution in [0, 0.1) is 0 Å². The fourth-order valence-electron chi connectivity index (χ4n) is 5.02. The van der Waals surface area contributed by atoms with Gasteiger partial charge in [0.2, 0.25) is 0 Å². The number of halogens is 12. The molecule has 1 unspecified atom stereocenters. The van der Waals surface area contributed by atoms with E-state index in [0.29, 0.717) is 12.2 Å². The lowest BCUT2D eigenvalue weighted by Gasteiger charge is -2.31. The van der Waals surface area contributed by atoms with Gasteiger partial charge in [-0.25, -0.2) is 4.39 Å². The summed E-state index contributed by atoms with van der Waals surface area (Å²) in [6, 6.07) is 3.25. The van der Waals surface area contributed by atoms with Crippen LogP contribution in [0.2, 0.25) is 10.0 Å². The first-order valence-corrected chi connectivity index (χ1v) is 13.2. The van der Waals surface area contributed by atoms with Crippen LogP contribution in [0.15, 0.2) is 54.3 Å². The molecule has 4 rings (SSSR count). The Labute approximate surface area is 248 Å². The topological polar surface area (TPSA) is 35.6 Å². The van der Waals surface area contributed by atoms with Crippen LogP contribution >= 0.6 is 23.2 Å². The third-order valence-electron chi connectivity index (χ3n) is 7.17. The first-order valence-electron chi connectivity index (χ1n) is 12.5. The van der Waals surface area contributed by atoms with Crippen molar-refractivity contribution < 1.29 is 48.7 Å². The Hall–Kier alpha value is -2.97. The molecule has 43 heavy (non-hydrogen) atoms. The average Bonchev–Trinajstić information content (AvgIpc) is 3.33. The molecule has 234 valence electrons. The Morgan fingerprint density at radius 2 is 1.63 bits per heavy atom. The van der Waals surface area contributed by atoms with Gasteiger partial charge in [-0.05, 0) is 56.3 Å². The zero-order valence-electron chi connectivity index (χ0n) is 21.9. The molecule has 1 fully saturated rings. The van der Waals surface area contributed by atoms with Crippen molar-refractivity contribution in [2.24, 2.45) is 0 Å². The van der Waals surface area contributed by atoms with Gasteiger partial charge in [0.1, 0.15) is 0 Å². The average molecular weight is 664 g/mol. The number of rotatable bonds is 5. The molecule has 1 N–H and O–H groups in total. The summed E-state index contributed by atoms with van der Waals surface area (Å²) in [5, 5.41) is 0.148. The van der Waals surface area contributed by atoms with Crippen molar-refractivity contribution in [3.8, 4) is 0 Å². The number of anilines is 2. The highest BCUT2D eigenvalue weighted by molar-refractivity contribution is 6.38. The highest BCUT2D eigenvalue weighted by atomic mass is 35.5. The Morgan fingerprint density at radius 1 is 0.977 bits per heavy atom. The number of benzene rings is 2. The van der Waals surface area contributed by atoms with Gasteiger partial charge in [-0.3, -0.25) is 9.69 Å². The van der Waals surface area contributed by atoms with Crippen LogP contribution < -0.4 is 10.2 Å². The largest absolute Gasteiger partial charge is 0.435 e. The van der Waals surface area contributed by atoms with Crippen molar-refractivity contribution in [2.45, 2.75) is 43.1 Å². The van der Waals surface area contributed by atoms with E-state index in [1.54, 1.807) is 16.3 Å². The molecule has 0 aliphatic carbocycles. The Bertz CT molecular complexity index is 1450. The molecule has 1 amide bonds. The third kappa shape index (κ3) is 6.18. The Morgan fingerprint density at radius 3 is 2.19 bits per heavy atom. The molecule has 2 aliphatic rings. The molecule has 1 saturated heterocycles. The number of likely N-dealkylation sites (tertiary alicyclic amines) is 1. The summed E-state index contributed by atoms with van der Waals surface area (Å²) in [6.07, 6.45) is -11.5. The number of carbonyl (C=O) groups is 1. The maximum atomic E-state index is 14.6. The van der Waals surface area contributed by atoms with Gasteiger partial charge in [-0.1, -0.05) is 41.4 Å². The molecule has 4 nitrogen and oxygen atoms in total. The molecule has 2 aromatic carbocycles. The molecular weight excluding hydrogens is 643 g/mol. The summed E-state index contributed by atoms with van der Waals surface area (Å²) in [5.74, 6) is -1.31. The minimum absolute atomic E-state index is 0.132. The van der Waals surface area contributed by atoms with Crippen molar-refractivity contribution in [3.63, 3.8) is 0 Å². The summed E-state index contributed by atoms with van der Waals surface area (Å²) in [7, 11) is 1.97. The number of hydrogen-bond donors (Lipinski definition) is 1. The fourth-order valence-corrected chi connectivity index (χ4v) is 5.60. The van der Waals surface area contributed by atoms with Gasteiger partial charge in [0.25, 0.3) is 5.91 Å². The number of nitrogens with zero attached hydrogens (tertiary/aromatic N) is 2. The molecule has 0 saturated carbocycles. The van der Waals surface area contributed by atoms with Gasteiger partial charge in [-0.15, -0.1) is 0 Å². The third-order valence-corrected chi connectivity index (χ3v) is 7.86. The second-order valence-corrected chi connectivity index (χ2v) is 10.7. The monoisotopic (exact) mass is 663 g/mol. The fraction of sp³-hybridized carbons (Fsp3) is 0.370. The first kappa shape index (κ1) is 32.9. The maximum Gasteiger partial charge on any atom is 0.435 e. The van der Waals surface area contributed by atoms with Gasteiger partial charge < -0.3 is 10.2 Å². The number of nitrogens with one attached hydrogen (secondary N) is 1. The number of amides is 1. The van der Waals surface area contributed by atoms with Crippen molar-refractivity contribution in [1.29, 1.82) is 0 Å². The molecule has 0 bridgehead atoms. The van der Waals surface area contributed by atoms with Crippen LogP contribution in [0.1, 0.15) is 34.3 Å². The van der Waals surface area contributed by atoms with E-state index in [9.17, 15) is 48.7 Å². The summed E-state index contributed by atoms with van der Waals surface area (Å²) >= 11 is 12.2. The van der Waals surface area contributed by atoms with Gasteiger partial charge >= 0.3 is 24.2 Å². The maximum absolute atomic E-state index is 14.6. The second-order valence-electron chi connectivity index (χ2n) is 9.95.